The predicted octanol–water partition coefficient (Wildman–Crippen LogP) is 3.49. The fraction of sp³-hybridized carbons (Fsp3) is 0.565. The number of hydrogen-bond acceptors (Lipinski definition) is 7. The molecule has 7 nitrogen and oxygen atoms in total. The van der Waals surface area contributed by atoms with Crippen molar-refractivity contribution in [1.29, 1.82) is 0 Å². The van der Waals surface area contributed by atoms with Gasteiger partial charge >= 0.3 is 0 Å². The molecule has 2 heterocycles. The first-order chi connectivity index (χ1) is 15.3. The van der Waals surface area contributed by atoms with Crippen LogP contribution in [0, 0.1) is 23.6 Å². The van der Waals surface area contributed by atoms with Crippen LogP contribution in [0.5, 0.6) is 5.75 Å². The summed E-state index contributed by atoms with van der Waals surface area (Å²) in [7, 11) is -3.55. The molecule has 1 aliphatic carbocycles. The second-order valence-electron chi connectivity index (χ2n) is 8.69. The second kappa shape index (κ2) is 9.70. The second-order valence-corrected chi connectivity index (χ2v) is 10.7. The van der Waals surface area contributed by atoms with E-state index in [-0.39, 0.29) is 11.5 Å². The van der Waals surface area contributed by atoms with E-state index in [1.165, 1.54) is 18.6 Å². The molecule has 1 aromatic heterocycles. The molecule has 4 rings (SSSR count). The molecule has 0 spiro atoms. The molecule has 0 unspecified atom stereocenters. The highest BCUT2D eigenvalue weighted by molar-refractivity contribution is 7.90. The van der Waals surface area contributed by atoms with Gasteiger partial charge in [-0.15, -0.1) is 0 Å². The average Bonchev–Trinajstić information content (AvgIpc) is 3.53. The Hall–Kier alpha value is -2.26. The third-order valence-corrected chi connectivity index (χ3v) is 7.46. The largest absolute Gasteiger partial charge is 0.491 e. The number of rotatable bonds is 9. The monoisotopic (exact) mass is 463 g/mol. The summed E-state index contributed by atoms with van der Waals surface area (Å²) in [5, 5.41) is 0. The van der Waals surface area contributed by atoms with Crippen molar-refractivity contribution in [3.63, 3.8) is 0 Å². The van der Waals surface area contributed by atoms with Crippen molar-refractivity contribution in [3.05, 3.63) is 42.0 Å². The molecule has 0 bridgehead atoms. The van der Waals surface area contributed by atoms with E-state index in [0.29, 0.717) is 42.3 Å². The fourth-order valence-corrected chi connectivity index (χ4v) is 5.27. The zero-order valence-electron chi connectivity index (χ0n) is 18.5. The van der Waals surface area contributed by atoms with Crippen LogP contribution in [-0.4, -0.2) is 50.9 Å². The Morgan fingerprint density at radius 1 is 1.19 bits per heavy atom. The lowest BCUT2D eigenvalue weighted by molar-refractivity contribution is 0.104. The average molecular weight is 464 g/mol. The summed E-state index contributed by atoms with van der Waals surface area (Å²) in [5.41, 5.74) is 0.649. The van der Waals surface area contributed by atoms with Gasteiger partial charge in [0.2, 0.25) is 5.95 Å². The van der Waals surface area contributed by atoms with Crippen molar-refractivity contribution in [1.82, 2.24) is 9.97 Å². The molecule has 174 valence electrons. The van der Waals surface area contributed by atoms with Crippen molar-refractivity contribution in [2.24, 2.45) is 17.8 Å². The third-order valence-electron chi connectivity index (χ3n) is 6.33. The van der Waals surface area contributed by atoms with Gasteiger partial charge in [-0.25, -0.2) is 22.8 Å². The van der Waals surface area contributed by atoms with E-state index in [1.807, 2.05) is 6.92 Å². The first-order valence-corrected chi connectivity index (χ1v) is 13.0. The van der Waals surface area contributed by atoms with Crippen molar-refractivity contribution in [2.75, 3.05) is 37.5 Å². The molecule has 9 heteroatoms. The summed E-state index contributed by atoms with van der Waals surface area (Å²) in [6.07, 6.45) is 7.88. The van der Waals surface area contributed by atoms with Crippen LogP contribution < -0.4 is 9.64 Å². The molecule has 1 aromatic carbocycles. The minimum atomic E-state index is -3.55. The standard InChI is InChI=1S/C23H30FN3O4S/c1-3-31-19-12-25-23(26-13-19)27-8-6-17(7-9-27)20-11-18(20)15-30-14-16-4-5-22(21(24)10-16)32(2,28)29/h4-5,10,12-13,17-18,20H,3,6-9,11,14-15H2,1-2H3/t18-,20+/m0/s1. The van der Waals surface area contributed by atoms with Crippen molar-refractivity contribution in [3.8, 4) is 5.75 Å². The zero-order valence-corrected chi connectivity index (χ0v) is 19.4. The molecule has 2 fully saturated rings. The van der Waals surface area contributed by atoms with Crippen molar-refractivity contribution >= 4 is 15.8 Å². The molecular formula is C23H30FN3O4S. The third kappa shape index (κ3) is 5.56. The van der Waals surface area contributed by atoms with E-state index in [9.17, 15) is 12.8 Å². The molecule has 0 N–H and O–H groups in total. The normalized spacial score (nSPS) is 21.5. The van der Waals surface area contributed by atoms with Crippen LogP contribution in [0.1, 0.15) is 31.7 Å². The van der Waals surface area contributed by atoms with Crippen LogP contribution >= 0.6 is 0 Å². The van der Waals surface area contributed by atoms with Crippen molar-refractivity contribution in [2.45, 2.75) is 37.7 Å². The van der Waals surface area contributed by atoms with Gasteiger partial charge in [0, 0.05) is 19.3 Å². The quantitative estimate of drug-likeness (QED) is 0.563. The Kier molecular flexibility index (Phi) is 6.95. The van der Waals surface area contributed by atoms with Crippen molar-refractivity contribution < 1.29 is 22.3 Å². The van der Waals surface area contributed by atoms with Crippen LogP contribution in [0.15, 0.2) is 35.5 Å². The van der Waals surface area contributed by atoms with E-state index in [2.05, 4.69) is 14.9 Å². The number of benzene rings is 1. The van der Waals surface area contributed by atoms with E-state index >= 15 is 0 Å². The molecule has 2 aromatic rings. The summed E-state index contributed by atoms with van der Waals surface area (Å²) in [4.78, 5) is 10.8. The first-order valence-electron chi connectivity index (χ1n) is 11.1. The predicted molar refractivity (Wildman–Crippen MR) is 119 cm³/mol. The maximum Gasteiger partial charge on any atom is 0.225 e. The Morgan fingerprint density at radius 2 is 1.91 bits per heavy atom. The Morgan fingerprint density at radius 3 is 2.53 bits per heavy atom. The number of halogens is 1. The van der Waals surface area contributed by atoms with E-state index < -0.39 is 15.7 Å². The first kappa shape index (κ1) is 22.9. The smallest absolute Gasteiger partial charge is 0.225 e. The minimum absolute atomic E-state index is 0.273. The Balaban J connectivity index is 1.19. The summed E-state index contributed by atoms with van der Waals surface area (Å²) in [6, 6.07) is 4.17. The SMILES string of the molecule is CCOc1cnc(N2CCC([C@H]3C[C@H]3COCc3ccc(S(C)(=O)=O)c(F)c3)CC2)nc1. The van der Waals surface area contributed by atoms with E-state index in [0.717, 1.165) is 38.1 Å². The number of piperidine rings is 1. The summed E-state index contributed by atoms with van der Waals surface area (Å²) < 4.78 is 48.2. The highest BCUT2D eigenvalue weighted by Crippen LogP contribution is 2.48. The minimum Gasteiger partial charge on any atom is -0.491 e. The van der Waals surface area contributed by atoms with Crippen LogP contribution in [0.2, 0.25) is 0 Å². The highest BCUT2D eigenvalue weighted by Gasteiger charge is 2.43. The Bertz CT molecular complexity index is 1020. The van der Waals surface area contributed by atoms with Gasteiger partial charge in [0.25, 0.3) is 0 Å². The van der Waals surface area contributed by atoms with Gasteiger partial charge in [-0.05, 0) is 61.6 Å². The van der Waals surface area contributed by atoms with Gasteiger partial charge in [0.15, 0.2) is 15.6 Å². The van der Waals surface area contributed by atoms with Crippen LogP contribution in [0.4, 0.5) is 10.3 Å². The van der Waals surface area contributed by atoms with Gasteiger partial charge < -0.3 is 14.4 Å². The number of hydrogen-bond donors (Lipinski definition) is 0. The molecule has 1 saturated heterocycles. The molecule has 0 amide bonds. The lowest BCUT2D eigenvalue weighted by Gasteiger charge is -2.32. The van der Waals surface area contributed by atoms with E-state index in [4.69, 9.17) is 9.47 Å². The molecular weight excluding hydrogens is 433 g/mol. The fourth-order valence-electron chi connectivity index (χ4n) is 4.54. The summed E-state index contributed by atoms with van der Waals surface area (Å²) in [5.74, 6) is 2.66. The topological polar surface area (TPSA) is 81.6 Å². The summed E-state index contributed by atoms with van der Waals surface area (Å²) in [6.45, 7) is 5.39. The number of nitrogens with zero attached hydrogens (tertiary/aromatic N) is 3. The van der Waals surface area contributed by atoms with Gasteiger partial charge in [-0.1, -0.05) is 6.07 Å². The molecule has 0 radical (unpaired) electrons. The number of ether oxygens (including phenoxy) is 2. The number of sulfone groups is 1. The van der Waals surface area contributed by atoms with Crippen LogP contribution in [-0.2, 0) is 21.2 Å². The number of aromatic nitrogens is 2. The zero-order chi connectivity index (χ0) is 22.7. The molecule has 1 aliphatic heterocycles. The molecule has 32 heavy (non-hydrogen) atoms. The molecule has 2 atom stereocenters. The van der Waals surface area contributed by atoms with Gasteiger partial charge in [-0.2, -0.15) is 0 Å². The maximum absolute atomic E-state index is 14.0. The number of anilines is 1. The van der Waals surface area contributed by atoms with Gasteiger partial charge in [0.05, 0.1) is 32.2 Å². The molecule has 1 saturated carbocycles. The lowest BCUT2D eigenvalue weighted by Crippen LogP contribution is -2.35. The highest BCUT2D eigenvalue weighted by atomic mass is 32.2. The molecule has 2 aliphatic rings. The van der Waals surface area contributed by atoms with Crippen LogP contribution in [0.3, 0.4) is 0 Å². The summed E-state index contributed by atoms with van der Waals surface area (Å²) >= 11 is 0. The van der Waals surface area contributed by atoms with E-state index in [1.54, 1.807) is 18.5 Å². The van der Waals surface area contributed by atoms with Gasteiger partial charge in [-0.3, -0.25) is 0 Å². The maximum atomic E-state index is 14.0. The Labute approximate surface area is 188 Å². The van der Waals surface area contributed by atoms with Gasteiger partial charge in [0.1, 0.15) is 10.7 Å². The van der Waals surface area contributed by atoms with Crippen LogP contribution in [0.25, 0.3) is 0 Å². The lowest BCUT2D eigenvalue weighted by atomic mass is 9.91.